The summed E-state index contributed by atoms with van der Waals surface area (Å²) in [6, 6.07) is 13.1. The Labute approximate surface area is 109 Å². The zero-order valence-corrected chi connectivity index (χ0v) is 9.89. The summed E-state index contributed by atoms with van der Waals surface area (Å²) in [5, 5.41) is 3.95. The number of rotatable bonds is 5. The molecule has 0 atom stereocenters. The molecule has 2 aromatic rings. The molecule has 0 fully saturated rings. The van der Waals surface area contributed by atoms with Gasteiger partial charge in [-0.05, 0) is 24.3 Å². The van der Waals surface area contributed by atoms with E-state index in [4.69, 9.17) is 0 Å². The van der Waals surface area contributed by atoms with Crippen LogP contribution in [-0.4, -0.2) is 12.6 Å². The van der Waals surface area contributed by atoms with Crippen LogP contribution in [0.4, 0.5) is 11.4 Å². The molecule has 0 amide bonds. The Balaban J connectivity index is 2.59. The summed E-state index contributed by atoms with van der Waals surface area (Å²) < 4.78 is 0. The second-order valence-corrected chi connectivity index (χ2v) is 3.75. The maximum atomic E-state index is 11.1. The standard InChI is InChI=1S/C14H10N2O3/c17-9-11-5-1-3-7-13(11)16(15-19)14-8-4-2-6-12(14)10-18/h1-10H. The largest absolute Gasteiger partial charge is 0.298 e. The van der Waals surface area contributed by atoms with Crippen molar-refractivity contribution in [1.82, 2.24) is 0 Å². The minimum atomic E-state index is 0.322. The molecule has 5 nitrogen and oxygen atoms in total. The lowest BCUT2D eigenvalue weighted by molar-refractivity contribution is 0.111. The second-order valence-electron chi connectivity index (χ2n) is 3.75. The number of para-hydroxylation sites is 2. The number of anilines is 2. The Hall–Kier alpha value is -2.82. The van der Waals surface area contributed by atoms with Crippen LogP contribution in [0.15, 0.2) is 53.8 Å². The van der Waals surface area contributed by atoms with E-state index in [0.717, 1.165) is 5.01 Å². The van der Waals surface area contributed by atoms with Gasteiger partial charge in [-0.2, -0.15) is 5.01 Å². The van der Waals surface area contributed by atoms with E-state index in [1.807, 2.05) is 0 Å². The second kappa shape index (κ2) is 5.68. The molecular weight excluding hydrogens is 244 g/mol. The van der Waals surface area contributed by atoms with Gasteiger partial charge >= 0.3 is 0 Å². The highest BCUT2D eigenvalue weighted by Crippen LogP contribution is 2.30. The number of aldehydes is 2. The summed E-state index contributed by atoms with van der Waals surface area (Å²) >= 11 is 0. The normalized spacial score (nSPS) is 9.68. The molecule has 2 rings (SSSR count). The summed E-state index contributed by atoms with van der Waals surface area (Å²) in [7, 11) is 0. The first kappa shape index (κ1) is 12.6. The molecule has 0 aromatic heterocycles. The predicted molar refractivity (Wildman–Crippen MR) is 71.6 cm³/mol. The van der Waals surface area contributed by atoms with Crippen LogP contribution in [0.25, 0.3) is 0 Å². The van der Waals surface area contributed by atoms with Crippen molar-refractivity contribution in [2.24, 2.45) is 5.29 Å². The lowest BCUT2D eigenvalue weighted by atomic mass is 10.1. The lowest BCUT2D eigenvalue weighted by Gasteiger charge is -2.18. The highest BCUT2D eigenvalue weighted by Gasteiger charge is 2.16. The first-order valence-corrected chi connectivity index (χ1v) is 5.53. The van der Waals surface area contributed by atoms with Crippen LogP contribution >= 0.6 is 0 Å². The Morgan fingerprint density at radius 3 is 1.58 bits per heavy atom. The number of nitroso groups, excluding NO2 is 1. The van der Waals surface area contributed by atoms with Gasteiger partial charge in [0.05, 0.1) is 16.7 Å². The van der Waals surface area contributed by atoms with Crippen molar-refractivity contribution in [3.63, 3.8) is 0 Å². The summed E-state index contributed by atoms with van der Waals surface area (Å²) in [5.74, 6) is 0. The molecule has 0 saturated carbocycles. The van der Waals surface area contributed by atoms with Crippen molar-refractivity contribution >= 4 is 23.9 Å². The van der Waals surface area contributed by atoms with Crippen molar-refractivity contribution in [3.8, 4) is 0 Å². The fourth-order valence-corrected chi connectivity index (χ4v) is 1.78. The van der Waals surface area contributed by atoms with Crippen LogP contribution in [0, 0.1) is 4.91 Å². The molecule has 94 valence electrons. The molecule has 19 heavy (non-hydrogen) atoms. The molecule has 0 radical (unpaired) electrons. The number of hydrogen-bond acceptors (Lipinski definition) is 4. The molecule has 0 N–H and O–H groups in total. The van der Waals surface area contributed by atoms with Gasteiger partial charge in [0.25, 0.3) is 0 Å². The molecule has 0 spiro atoms. The van der Waals surface area contributed by atoms with Gasteiger partial charge in [0.2, 0.25) is 0 Å². The third kappa shape index (κ3) is 2.40. The Morgan fingerprint density at radius 2 is 1.21 bits per heavy atom. The third-order valence-corrected chi connectivity index (χ3v) is 2.67. The van der Waals surface area contributed by atoms with Crippen molar-refractivity contribution in [3.05, 3.63) is 64.6 Å². The van der Waals surface area contributed by atoms with E-state index in [9.17, 15) is 14.5 Å². The van der Waals surface area contributed by atoms with Gasteiger partial charge in [0.15, 0.2) is 12.6 Å². The summed E-state index contributed by atoms with van der Waals surface area (Å²) in [6.07, 6.45) is 1.27. The quantitative estimate of drug-likeness (QED) is 0.467. The first-order chi connectivity index (χ1) is 9.31. The number of carbonyl (C=O) groups excluding carboxylic acids is 2. The van der Waals surface area contributed by atoms with E-state index in [-0.39, 0.29) is 0 Å². The minimum Gasteiger partial charge on any atom is -0.298 e. The Bertz CT molecular complexity index is 574. The van der Waals surface area contributed by atoms with E-state index in [1.165, 1.54) is 0 Å². The van der Waals surface area contributed by atoms with Gasteiger partial charge in [0, 0.05) is 11.1 Å². The molecule has 0 unspecified atom stereocenters. The van der Waals surface area contributed by atoms with Crippen LogP contribution < -0.4 is 5.01 Å². The summed E-state index contributed by atoms with van der Waals surface area (Å²) in [4.78, 5) is 33.1. The number of carbonyl (C=O) groups is 2. The average Bonchev–Trinajstić information content (AvgIpc) is 2.49. The van der Waals surface area contributed by atoms with Crippen molar-refractivity contribution in [1.29, 1.82) is 0 Å². The molecule has 0 heterocycles. The first-order valence-electron chi connectivity index (χ1n) is 5.53. The molecule has 0 bridgehead atoms. The zero-order valence-electron chi connectivity index (χ0n) is 9.89. The highest BCUT2D eigenvalue weighted by atomic mass is 16.3. The van der Waals surface area contributed by atoms with Crippen LogP contribution in [0.5, 0.6) is 0 Å². The molecule has 0 aliphatic heterocycles. The number of hydrogen-bond donors (Lipinski definition) is 0. The van der Waals surface area contributed by atoms with Crippen molar-refractivity contribution < 1.29 is 9.59 Å². The van der Waals surface area contributed by atoms with Crippen molar-refractivity contribution in [2.45, 2.75) is 0 Å². The third-order valence-electron chi connectivity index (χ3n) is 2.67. The highest BCUT2D eigenvalue weighted by molar-refractivity contribution is 5.91. The van der Waals surface area contributed by atoms with E-state index in [0.29, 0.717) is 35.1 Å². The Morgan fingerprint density at radius 1 is 0.789 bits per heavy atom. The van der Waals surface area contributed by atoms with Gasteiger partial charge in [0.1, 0.15) is 0 Å². The zero-order chi connectivity index (χ0) is 13.7. The van der Waals surface area contributed by atoms with Crippen LogP contribution in [0.3, 0.4) is 0 Å². The number of nitrogens with zero attached hydrogens (tertiary/aromatic N) is 2. The van der Waals surface area contributed by atoms with E-state index in [2.05, 4.69) is 5.29 Å². The van der Waals surface area contributed by atoms with Gasteiger partial charge in [-0.3, -0.25) is 9.59 Å². The van der Waals surface area contributed by atoms with Gasteiger partial charge in [-0.1, -0.05) is 24.3 Å². The van der Waals surface area contributed by atoms with Gasteiger partial charge in [-0.25, -0.2) is 0 Å². The van der Waals surface area contributed by atoms with Gasteiger partial charge in [-0.15, -0.1) is 4.91 Å². The smallest absolute Gasteiger partial charge is 0.152 e. The molecular formula is C14H10N2O3. The summed E-state index contributed by atoms with van der Waals surface area (Å²) in [6.45, 7) is 0. The maximum absolute atomic E-state index is 11.1. The Kier molecular flexibility index (Phi) is 3.78. The van der Waals surface area contributed by atoms with Crippen LogP contribution in [0.2, 0.25) is 0 Å². The fraction of sp³-hybridized carbons (Fsp3) is 0. The molecule has 2 aromatic carbocycles. The molecule has 0 aliphatic carbocycles. The fourth-order valence-electron chi connectivity index (χ4n) is 1.78. The predicted octanol–water partition coefficient (Wildman–Crippen LogP) is 3.13. The number of benzene rings is 2. The van der Waals surface area contributed by atoms with Crippen molar-refractivity contribution in [2.75, 3.05) is 5.01 Å². The van der Waals surface area contributed by atoms with Crippen LogP contribution in [-0.2, 0) is 0 Å². The molecule has 0 aliphatic rings. The maximum Gasteiger partial charge on any atom is 0.152 e. The van der Waals surface area contributed by atoms with E-state index < -0.39 is 0 Å². The topological polar surface area (TPSA) is 66.8 Å². The summed E-state index contributed by atoms with van der Waals surface area (Å²) in [5.41, 5.74) is 1.31. The monoisotopic (exact) mass is 254 g/mol. The van der Waals surface area contributed by atoms with E-state index in [1.54, 1.807) is 48.5 Å². The van der Waals surface area contributed by atoms with Crippen LogP contribution in [0.1, 0.15) is 20.7 Å². The van der Waals surface area contributed by atoms with E-state index >= 15 is 0 Å². The lowest BCUT2D eigenvalue weighted by Crippen LogP contribution is -2.11. The molecule has 5 heteroatoms. The minimum absolute atomic E-state index is 0.322. The SMILES string of the molecule is O=Cc1ccccc1N(N=O)c1ccccc1C=O. The van der Waals surface area contributed by atoms with Gasteiger partial charge < -0.3 is 0 Å². The average molecular weight is 254 g/mol. The molecule has 0 saturated heterocycles.